The summed E-state index contributed by atoms with van der Waals surface area (Å²) in [7, 11) is 0. The SMILES string of the molecule is CCc1cccc2c1N(C(=O)c1cncc(Br)c1)CCC2. The van der Waals surface area contributed by atoms with E-state index in [2.05, 4.69) is 46.0 Å². The highest BCUT2D eigenvalue weighted by atomic mass is 79.9. The molecule has 0 fully saturated rings. The molecule has 2 aromatic rings. The first-order valence-electron chi connectivity index (χ1n) is 7.24. The third-order valence-electron chi connectivity index (χ3n) is 3.88. The predicted octanol–water partition coefficient (Wildman–Crippen LogP) is 4.00. The molecule has 1 aromatic carbocycles. The lowest BCUT2D eigenvalue weighted by molar-refractivity contribution is 0.0984. The van der Waals surface area contributed by atoms with Crippen LogP contribution >= 0.6 is 15.9 Å². The summed E-state index contributed by atoms with van der Waals surface area (Å²) in [6.45, 7) is 2.91. The Morgan fingerprint density at radius 1 is 1.38 bits per heavy atom. The fourth-order valence-corrected chi connectivity index (χ4v) is 3.27. The molecule has 4 heteroatoms. The maximum absolute atomic E-state index is 12.8. The summed E-state index contributed by atoms with van der Waals surface area (Å²) in [5.41, 5.74) is 4.25. The first-order chi connectivity index (χ1) is 10.2. The van der Waals surface area contributed by atoms with Crippen molar-refractivity contribution in [3.05, 3.63) is 57.8 Å². The Labute approximate surface area is 133 Å². The molecule has 3 nitrogen and oxygen atoms in total. The standard InChI is InChI=1S/C17H17BrN2O/c1-2-12-5-3-6-13-7-4-8-20(16(12)13)17(21)14-9-15(18)11-19-10-14/h3,5-6,9-11H,2,4,7-8H2,1H3. The minimum atomic E-state index is 0.0330. The number of aromatic nitrogens is 1. The van der Waals surface area contributed by atoms with Gasteiger partial charge in [-0.3, -0.25) is 9.78 Å². The smallest absolute Gasteiger partial charge is 0.259 e. The lowest BCUT2D eigenvalue weighted by atomic mass is 9.96. The number of rotatable bonds is 2. The Morgan fingerprint density at radius 3 is 3.00 bits per heavy atom. The van der Waals surface area contributed by atoms with Crippen LogP contribution in [-0.2, 0) is 12.8 Å². The molecular formula is C17H17BrN2O. The van der Waals surface area contributed by atoms with Crippen molar-refractivity contribution in [1.29, 1.82) is 0 Å². The van der Waals surface area contributed by atoms with E-state index in [1.807, 2.05) is 11.0 Å². The summed E-state index contributed by atoms with van der Waals surface area (Å²) in [5, 5.41) is 0. The predicted molar refractivity (Wildman–Crippen MR) is 87.8 cm³/mol. The molecule has 0 radical (unpaired) electrons. The van der Waals surface area contributed by atoms with Gasteiger partial charge in [0.05, 0.1) is 11.3 Å². The number of carbonyl (C=O) groups excluding carboxylic acids is 1. The van der Waals surface area contributed by atoms with Crippen molar-refractivity contribution >= 4 is 27.5 Å². The Balaban J connectivity index is 2.04. The van der Waals surface area contributed by atoms with Crippen LogP contribution in [0.5, 0.6) is 0 Å². The Kier molecular flexibility index (Phi) is 4.06. The highest BCUT2D eigenvalue weighted by molar-refractivity contribution is 9.10. The third kappa shape index (κ3) is 2.72. The second-order valence-electron chi connectivity index (χ2n) is 5.23. The fourth-order valence-electron chi connectivity index (χ4n) is 2.91. The molecule has 108 valence electrons. The van der Waals surface area contributed by atoms with Crippen LogP contribution in [0.3, 0.4) is 0 Å². The molecule has 1 aromatic heterocycles. The van der Waals surface area contributed by atoms with Gasteiger partial charge in [-0.2, -0.15) is 0 Å². The topological polar surface area (TPSA) is 33.2 Å². The van der Waals surface area contributed by atoms with Crippen molar-refractivity contribution in [3.8, 4) is 0 Å². The summed E-state index contributed by atoms with van der Waals surface area (Å²) in [6.07, 6.45) is 6.31. The second kappa shape index (κ2) is 5.98. The number of anilines is 1. The van der Waals surface area contributed by atoms with Crippen molar-refractivity contribution in [3.63, 3.8) is 0 Å². The molecule has 1 amide bonds. The second-order valence-corrected chi connectivity index (χ2v) is 6.15. The number of amides is 1. The van der Waals surface area contributed by atoms with Crippen LogP contribution in [0.2, 0.25) is 0 Å². The van der Waals surface area contributed by atoms with E-state index in [1.54, 1.807) is 12.4 Å². The summed E-state index contributed by atoms with van der Waals surface area (Å²) < 4.78 is 0.828. The van der Waals surface area contributed by atoms with E-state index in [1.165, 1.54) is 11.1 Å². The zero-order valence-electron chi connectivity index (χ0n) is 12.0. The third-order valence-corrected chi connectivity index (χ3v) is 4.31. The number of hydrogen-bond acceptors (Lipinski definition) is 2. The average molecular weight is 345 g/mol. The van der Waals surface area contributed by atoms with Crippen molar-refractivity contribution in [2.24, 2.45) is 0 Å². The first kappa shape index (κ1) is 14.3. The number of carbonyl (C=O) groups is 1. The zero-order valence-corrected chi connectivity index (χ0v) is 13.6. The molecule has 1 aliphatic heterocycles. The molecule has 0 bridgehead atoms. The van der Waals surface area contributed by atoms with Crippen molar-refractivity contribution in [1.82, 2.24) is 4.98 Å². The van der Waals surface area contributed by atoms with Gasteiger partial charge in [-0.05, 0) is 52.4 Å². The van der Waals surface area contributed by atoms with Crippen molar-refractivity contribution in [2.45, 2.75) is 26.2 Å². The maximum atomic E-state index is 12.8. The first-order valence-corrected chi connectivity index (χ1v) is 8.03. The lowest BCUT2D eigenvalue weighted by Crippen LogP contribution is -2.36. The summed E-state index contributed by atoms with van der Waals surface area (Å²) in [5.74, 6) is 0.0330. The number of nitrogens with zero attached hydrogens (tertiary/aromatic N) is 2. The molecule has 0 spiro atoms. The number of halogens is 1. The largest absolute Gasteiger partial charge is 0.308 e. The van der Waals surface area contributed by atoms with Crippen LogP contribution < -0.4 is 4.90 Å². The Morgan fingerprint density at radius 2 is 2.24 bits per heavy atom. The molecule has 21 heavy (non-hydrogen) atoms. The molecule has 0 saturated carbocycles. The van der Waals surface area contributed by atoms with E-state index < -0.39 is 0 Å². The Bertz CT molecular complexity index is 670. The van der Waals surface area contributed by atoms with Gasteiger partial charge in [0.25, 0.3) is 5.91 Å². The van der Waals surface area contributed by atoms with Crippen LogP contribution in [-0.4, -0.2) is 17.4 Å². The van der Waals surface area contributed by atoms with Gasteiger partial charge in [-0.1, -0.05) is 25.1 Å². The van der Waals surface area contributed by atoms with Gasteiger partial charge < -0.3 is 4.90 Å². The monoisotopic (exact) mass is 344 g/mol. The van der Waals surface area contributed by atoms with Crippen LogP contribution in [0.15, 0.2) is 41.1 Å². The number of aryl methyl sites for hydroxylation is 2. The highest BCUT2D eigenvalue weighted by Gasteiger charge is 2.25. The van der Waals surface area contributed by atoms with Crippen LogP contribution in [0, 0.1) is 0 Å². The van der Waals surface area contributed by atoms with E-state index in [-0.39, 0.29) is 5.91 Å². The number of para-hydroxylation sites is 1. The number of pyridine rings is 1. The van der Waals surface area contributed by atoms with E-state index in [9.17, 15) is 4.79 Å². The fraction of sp³-hybridized carbons (Fsp3) is 0.294. The minimum absolute atomic E-state index is 0.0330. The van der Waals surface area contributed by atoms with Crippen LogP contribution in [0.25, 0.3) is 0 Å². The quantitative estimate of drug-likeness (QED) is 0.824. The maximum Gasteiger partial charge on any atom is 0.259 e. The van der Waals surface area contributed by atoms with Gasteiger partial charge in [0.1, 0.15) is 0 Å². The minimum Gasteiger partial charge on any atom is -0.308 e. The molecule has 2 heterocycles. The summed E-state index contributed by atoms with van der Waals surface area (Å²) in [6, 6.07) is 8.17. The molecule has 0 atom stereocenters. The van der Waals surface area contributed by atoms with Gasteiger partial charge in [-0.25, -0.2) is 0 Å². The van der Waals surface area contributed by atoms with Gasteiger partial charge in [-0.15, -0.1) is 0 Å². The van der Waals surface area contributed by atoms with Gasteiger partial charge >= 0.3 is 0 Å². The summed E-state index contributed by atoms with van der Waals surface area (Å²) >= 11 is 3.38. The van der Waals surface area contributed by atoms with E-state index >= 15 is 0 Å². The van der Waals surface area contributed by atoms with Crippen LogP contribution in [0.4, 0.5) is 5.69 Å². The number of benzene rings is 1. The molecule has 3 rings (SSSR count). The normalized spacial score (nSPS) is 13.9. The zero-order chi connectivity index (χ0) is 14.8. The summed E-state index contributed by atoms with van der Waals surface area (Å²) in [4.78, 5) is 18.9. The molecule has 0 aliphatic carbocycles. The van der Waals surface area contributed by atoms with Gasteiger partial charge in [0.15, 0.2) is 0 Å². The van der Waals surface area contributed by atoms with Crippen molar-refractivity contribution in [2.75, 3.05) is 11.4 Å². The number of hydrogen-bond donors (Lipinski definition) is 0. The molecule has 0 unspecified atom stereocenters. The van der Waals surface area contributed by atoms with Crippen molar-refractivity contribution < 1.29 is 4.79 Å². The average Bonchev–Trinajstić information content (AvgIpc) is 2.53. The molecular weight excluding hydrogens is 328 g/mol. The molecule has 0 saturated heterocycles. The van der Waals surface area contributed by atoms with Gasteiger partial charge in [0, 0.05) is 23.4 Å². The van der Waals surface area contributed by atoms with Crippen LogP contribution in [0.1, 0.15) is 34.8 Å². The van der Waals surface area contributed by atoms with E-state index in [0.29, 0.717) is 5.56 Å². The molecule has 0 N–H and O–H groups in total. The Hall–Kier alpha value is -1.68. The molecule has 1 aliphatic rings. The highest BCUT2D eigenvalue weighted by Crippen LogP contribution is 2.32. The van der Waals surface area contributed by atoms with Gasteiger partial charge in [0.2, 0.25) is 0 Å². The number of fused-ring (bicyclic) bond motifs is 1. The lowest BCUT2D eigenvalue weighted by Gasteiger charge is -2.31. The van der Waals surface area contributed by atoms with E-state index in [4.69, 9.17) is 0 Å². The van der Waals surface area contributed by atoms with E-state index in [0.717, 1.165) is 36.0 Å².